The van der Waals surface area contributed by atoms with Gasteiger partial charge in [0.25, 0.3) is 0 Å². The largest absolute Gasteiger partial charge is 0.493 e. The van der Waals surface area contributed by atoms with Gasteiger partial charge in [0.15, 0.2) is 11.6 Å². The highest BCUT2D eigenvalue weighted by Gasteiger charge is 2.21. The van der Waals surface area contributed by atoms with Gasteiger partial charge in [0.05, 0.1) is 25.9 Å². The van der Waals surface area contributed by atoms with Gasteiger partial charge in [-0.1, -0.05) is 32.4 Å². The van der Waals surface area contributed by atoms with Crippen molar-refractivity contribution in [2.24, 2.45) is 5.92 Å². The zero-order valence-corrected chi connectivity index (χ0v) is 17.3. The standard InChI is InChI=1S/C24H30F2O3/c1-3-5-19-9-6-17(15-28-19)16-29-20-10-7-18(8-11-20)21-12-13-22(27-14-4-2)24(26)23(21)25/h7-8,10-13,17,19H,3-6,9,14-16H2,1-2H3. The number of benzene rings is 2. The van der Waals surface area contributed by atoms with Crippen LogP contribution in [-0.2, 0) is 4.74 Å². The van der Waals surface area contributed by atoms with Crippen molar-refractivity contribution in [3.05, 3.63) is 48.0 Å². The fraction of sp³-hybridized carbons (Fsp3) is 0.500. The van der Waals surface area contributed by atoms with E-state index in [9.17, 15) is 8.78 Å². The van der Waals surface area contributed by atoms with Crippen LogP contribution in [0.15, 0.2) is 36.4 Å². The average molecular weight is 404 g/mol. The molecule has 0 aromatic heterocycles. The van der Waals surface area contributed by atoms with Crippen molar-refractivity contribution in [2.45, 2.75) is 52.1 Å². The monoisotopic (exact) mass is 404 g/mol. The maximum absolute atomic E-state index is 14.5. The van der Waals surface area contributed by atoms with Crippen LogP contribution in [0.3, 0.4) is 0 Å². The third-order valence-corrected chi connectivity index (χ3v) is 5.23. The third kappa shape index (κ3) is 5.69. The molecule has 158 valence electrons. The van der Waals surface area contributed by atoms with Gasteiger partial charge in [-0.2, -0.15) is 4.39 Å². The smallest absolute Gasteiger partial charge is 0.201 e. The van der Waals surface area contributed by atoms with Crippen LogP contribution in [0, 0.1) is 17.6 Å². The van der Waals surface area contributed by atoms with Crippen molar-refractivity contribution < 1.29 is 23.0 Å². The maximum atomic E-state index is 14.5. The van der Waals surface area contributed by atoms with Crippen molar-refractivity contribution >= 4 is 0 Å². The van der Waals surface area contributed by atoms with E-state index >= 15 is 0 Å². The van der Waals surface area contributed by atoms with Crippen LogP contribution in [0.4, 0.5) is 8.78 Å². The molecule has 3 nitrogen and oxygen atoms in total. The summed E-state index contributed by atoms with van der Waals surface area (Å²) < 4.78 is 45.7. The number of hydrogen-bond acceptors (Lipinski definition) is 3. The Balaban J connectivity index is 1.57. The van der Waals surface area contributed by atoms with Crippen LogP contribution in [0.2, 0.25) is 0 Å². The molecule has 0 saturated carbocycles. The normalized spacial score (nSPS) is 19.2. The fourth-order valence-corrected chi connectivity index (χ4v) is 3.56. The lowest BCUT2D eigenvalue weighted by Crippen LogP contribution is -2.29. The summed E-state index contributed by atoms with van der Waals surface area (Å²) in [6.45, 7) is 5.78. The third-order valence-electron chi connectivity index (χ3n) is 5.23. The van der Waals surface area contributed by atoms with Crippen molar-refractivity contribution in [1.82, 2.24) is 0 Å². The molecule has 0 aliphatic carbocycles. The molecule has 2 atom stereocenters. The molecular weight excluding hydrogens is 374 g/mol. The second-order valence-corrected chi connectivity index (χ2v) is 7.61. The molecule has 2 aromatic rings. The molecule has 1 heterocycles. The Kier molecular flexibility index (Phi) is 7.87. The van der Waals surface area contributed by atoms with Gasteiger partial charge in [0.1, 0.15) is 5.75 Å². The van der Waals surface area contributed by atoms with E-state index in [1.807, 2.05) is 6.92 Å². The van der Waals surface area contributed by atoms with Crippen LogP contribution >= 0.6 is 0 Å². The van der Waals surface area contributed by atoms with E-state index in [0.29, 0.717) is 36.5 Å². The summed E-state index contributed by atoms with van der Waals surface area (Å²) in [5.41, 5.74) is 0.805. The fourth-order valence-electron chi connectivity index (χ4n) is 3.56. The van der Waals surface area contributed by atoms with Crippen molar-refractivity contribution in [3.63, 3.8) is 0 Å². The van der Waals surface area contributed by atoms with E-state index in [1.165, 1.54) is 6.07 Å². The molecule has 29 heavy (non-hydrogen) atoms. The summed E-state index contributed by atoms with van der Waals surface area (Å²) >= 11 is 0. The van der Waals surface area contributed by atoms with Gasteiger partial charge in [-0.3, -0.25) is 0 Å². The highest BCUT2D eigenvalue weighted by molar-refractivity contribution is 5.66. The first kappa shape index (κ1) is 21.6. The van der Waals surface area contributed by atoms with Crippen molar-refractivity contribution in [1.29, 1.82) is 0 Å². The number of hydrogen-bond donors (Lipinski definition) is 0. The minimum absolute atomic E-state index is 0.0519. The Hall–Kier alpha value is -2.14. The molecule has 3 rings (SSSR count). The highest BCUT2D eigenvalue weighted by Crippen LogP contribution is 2.31. The van der Waals surface area contributed by atoms with Crippen molar-refractivity contribution in [2.75, 3.05) is 19.8 Å². The van der Waals surface area contributed by atoms with Crippen LogP contribution in [0.5, 0.6) is 11.5 Å². The Bertz CT molecular complexity index is 768. The van der Waals surface area contributed by atoms with Crippen LogP contribution in [0.25, 0.3) is 11.1 Å². The quantitative estimate of drug-likeness (QED) is 0.484. The van der Waals surface area contributed by atoms with Gasteiger partial charge in [0, 0.05) is 11.5 Å². The Morgan fingerprint density at radius 3 is 2.38 bits per heavy atom. The number of halogens is 2. The second kappa shape index (κ2) is 10.6. The zero-order chi connectivity index (χ0) is 20.6. The highest BCUT2D eigenvalue weighted by atomic mass is 19.2. The summed E-state index contributed by atoms with van der Waals surface area (Å²) in [6, 6.07) is 10.1. The predicted molar refractivity (Wildman–Crippen MR) is 110 cm³/mol. The minimum Gasteiger partial charge on any atom is -0.493 e. The van der Waals surface area contributed by atoms with Gasteiger partial charge < -0.3 is 14.2 Å². The van der Waals surface area contributed by atoms with Crippen LogP contribution < -0.4 is 9.47 Å². The molecular formula is C24H30F2O3. The molecule has 0 N–H and O–H groups in total. The molecule has 1 fully saturated rings. The zero-order valence-electron chi connectivity index (χ0n) is 17.3. The van der Waals surface area contributed by atoms with Gasteiger partial charge in [-0.05, 0) is 55.5 Å². The van der Waals surface area contributed by atoms with Gasteiger partial charge >= 0.3 is 0 Å². The van der Waals surface area contributed by atoms with E-state index in [1.54, 1.807) is 30.3 Å². The first-order valence-electron chi connectivity index (χ1n) is 10.6. The first-order valence-corrected chi connectivity index (χ1v) is 10.6. The Morgan fingerprint density at radius 1 is 0.931 bits per heavy atom. The summed E-state index contributed by atoms with van der Waals surface area (Å²) in [7, 11) is 0. The molecule has 0 spiro atoms. The van der Waals surface area contributed by atoms with E-state index in [2.05, 4.69) is 6.92 Å². The Labute approximate surface area is 172 Å². The summed E-state index contributed by atoms with van der Waals surface area (Å²) in [5.74, 6) is -0.787. The molecule has 2 aromatic carbocycles. The van der Waals surface area contributed by atoms with Gasteiger partial charge in [-0.25, -0.2) is 4.39 Å². The lowest BCUT2D eigenvalue weighted by molar-refractivity contribution is -0.0306. The lowest BCUT2D eigenvalue weighted by atomic mass is 9.97. The van der Waals surface area contributed by atoms with Gasteiger partial charge in [-0.15, -0.1) is 0 Å². The topological polar surface area (TPSA) is 27.7 Å². The Morgan fingerprint density at radius 2 is 1.72 bits per heavy atom. The van der Waals surface area contributed by atoms with Crippen LogP contribution in [0.1, 0.15) is 46.0 Å². The van der Waals surface area contributed by atoms with E-state index < -0.39 is 11.6 Å². The molecule has 0 amide bonds. The SMILES string of the molecule is CCCOc1ccc(-c2ccc(OCC3CCC(CCC)OC3)cc2)c(F)c1F. The molecule has 2 unspecified atom stereocenters. The molecule has 5 heteroatoms. The molecule has 1 saturated heterocycles. The minimum atomic E-state index is -0.949. The second-order valence-electron chi connectivity index (χ2n) is 7.61. The number of rotatable bonds is 9. The molecule has 0 radical (unpaired) electrons. The predicted octanol–water partition coefficient (Wildman–Crippen LogP) is 6.39. The summed E-state index contributed by atoms with van der Waals surface area (Å²) in [5, 5.41) is 0. The number of ether oxygens (including phenoxy) is 3. The first-order chi connectivity index (χ1) is 14.1. The van der Waals surface area contributed by atoms with Gasteiger partial charge in [0.2, 0.25) is 5.82 Å². The molecule has 1 aliphatic heterocycles. The van der Waals surface area contributed by atoms with E-state index in [4.69, 9.17) is 14.2 Å². The summed E-state index contributed by atoms with van der Waals surface area (Å²) in [4.78, 5) is 0. The molecule has 0 bridgehead atoms. The molecule has 1 aliphatic rings. The van der Waals surface area contributed by atoms with Crippen molar-refractivity contribution in [3.8, 4) is 22.6 Å². The van der Waals surface area contributed by atoms with E-state index in [-0.39, 0.29) is 11.3 Å². The van der Waals surface area contributed by atoms with Crippen LogP contribution in [-0.4, -0.2) is 25.9 Å². The average Bonchev–Trinajstić information content (AvgIpc) is 2.75. The summed E-state index contributed by atoms with van der Waals surface area (Å²) in [6.07, 6.45) is 5.60. The van der Waals surface area contributed by atoms with E-state index in [0.717, 1.165) is 38.7 Å². The lowest BCUT2D eigenvalue weighted by Gasteiger charge is -2.28. The maximum Gasteiger partial charge on any atom is 0.201 e.